The second-order valence-electron chi connectivity index (χ2n) is 18.8. The highest BCUT2D eigenvalue weighted by atomic mass is 15.2. The molecule has 0 spiro atoms. The van der Waals surface area contributed by atoms with Gasteiger partial charge < -0.3 is 9.80 Å². The highest BCUT2D eigenvalue weighted by molar-refractivity contribution is 6.20. The molecule has 0 amide bonds. The van der Waals surface area contributed by atoms with E-state index in [1.165, 1.54) is 64.6 Å². The first-order chi connectivity index (χ1) is 35.7. The molecule has 0 atom stereocenters. The van der Waals surface area contributed by atoms with Gasteiger partial charge in [0, 0.05) is 32.7 Å². The van der Waals surface area contributed by atoms with Crippen molar-refractivity contribution in [2.45, 2.75) is 0 Å². The van der Waals surface area contributed by atoms with Gasteiger partial charge in [0.15, 0.2) is 0 Å². The Morgan fingerprint density at radius 3 is 1.10 bits per heavy atom. The van der Waals surface area contributed by atoms with Crippen LogP contribution in [0.25, 0.3) is 97.7 Å². The van der Waals surface area contributed by atoms with Crippen LogP contribution < -0.4 is 9.80 Å². The average Bonchev–Trinajstić information content (AvgIpc) is 3.45. The first kappa shape index (κ1) is 41.5. The fraction of sp³-hybridized carbons (Fsp3) is 0. The van der Waals surface area contributed by atoms with Crippen LogP contribution in [0.5, 0.6) is 0 Å². The average molecular weight is 915 g/mol. The summed E-state index contributed by atoms with van der Waals surface area (Å²) < 4.78 is 0. The molecule has 0 aliphatic rings. The maximum absolute atomic E-state index is 2.56. The lowest BCUT2D eigenvalue weighted by atomic mass is 9.90. The lowest BCUT2D eigenvalue weighted by Gasteiger charge is -2.33. The SMILES string of the molecule is c1ccc(-c2cc3ccc(N(c4cccc5ccccc45)c4cc5ccccc5c5ccccc45)c(-c4ccccc4)c3cc2N(c2cccc3ccccc23)c2cc3ccccc3c3ccccc23)cc1. The zero-order chi connectivity index (χ0) is 47.5. The van der Waals surface area contributed by atoms with Crippen molar-refractivity contribution in [1.82, 2.24) is 0 Å². The summed E-state index contributed by atoms with van der Waals surface area (Å²) in [6, 6.07) is 103. The van der Waals surface area contributed by atoms with Crippen molar-refractivity contribution in [2.24, 2.45) is 0 Å². The Labute approximate surface area is 418 Å². The van der Waals surface area contributed by atoms with E-state index in [0.29, 0.717) is 0 Å². The second kappa shape index (κ2) is 17.2. The van der Waals surface area contributed by atoms with Crippen LogP contribution in [0.15, 0.2) is 279 Å². The van der Waals surface area contributed by atoms with Crippen LogP contribution in [0.4, 0.5) is 34.1 Å². The summed E-state index contributed by atoms with van der Waals surface area (Å²) >= 11 is 0. The first-order valence-electron chi connectivity index (χ1n) is 24.8. The molecule has 14 aromatic rings. The maximum atomic E-state index is 2.56. The molecule has 0 N–H and O–H groups in total. The molecule has 0 aliphatic carbocycles. The molecule has 0 unspecified atom stereocenters. The standard InChI is InChI=1S/C70H46N2/c1-3-21-49(22-4-1)62-43-53-41-42-66(71(64-39-19-29-47-23-7-13-33-56(47)64)67-44-51-27-9-11-31-54(51)58-35-15-17-37-60(58)67)70(50-25-5-2-6-26-50)63(53)46-69(62)72(65-40-20-30-48-24-8-14-34-57(48)65)68-45-52-28-10-12-32-55(52)59-36-16-18-38-61(59)68/h1-46H. The third kappa shape index (κ3) is 6.80. The van der Waals surface area contributed by atoms with E-state index in [1.807, 2.05) is 0 Å². The monoisotopic (exact) mass is 914 g/mol. The minimum Gasteiger partial charge on any atom is -0.309 e. The van der Waals surface area contributed by atoms with Gasteiger partial charge in [0.2, 0.25) is 0 Å². The third-order valence-electron chi connectivity index (χ3n) is 14.7. The van der Waals surface area contributed by atoms with Gasteiger partial charge in [-0.05, 0) is 107 Å². The molecular formula is C70H46N2. The Balaban J connectivity index is 1.15. The number of nitrogens with zero attached hydrogens (tertiary/aromatic N) is 2. The Kier molecular flexibility index (Phi) is 9.89. The summed E-state index contributed by atoms with van der Waals surface area (Å²) in [5, 5.41) is 16.7. The van der Waals surface area contributed by atoms with E-state index in [-0.39, 0.29) is 0 Å². The molecule has 14 rings (SSSR count). The Morgan fingerprint density at radius 2 is 0.569 bits per heavy atom. The van der Waals surface area contributed by atoms with Crippen molar-refractivity contribution >= 4 is 110 Å². The molecule has 2 heteroatoms. The molecule has 0 fully saturated rings. The molecule has 0 aromatic heterocycles. The number of rotatable bonds is 8. The van der Waals surface area contributed by atoms with Gasteiger partial charge >= 0.3 is 0 Å². The van der Waals surface area contributed by atoms with Gasteiger partial charge in [0.05, 0.1) is 34.1 Å². The van der Waals surface area contributed by atoms with Gasteiger partial charge in [-0.3, -0.25) is 0 Å². The summed E-state index contributed by atoms with van der Waals surface area (Å²) in [6.45, 7) is 0. The van der Waals surface area contributed by atoms with Crippen molar-refractivity contribution in [3.8, 4) is 22.3 Å². The Morgan fingerprint density at radius 1 is 0.181 bits per heavy atom. The summed E-state index contributed by atoms with van der Waals surface area (Å²) in [5.74, 6) is 0. The fourth-order valence-corrected chi connectivity index (χ4v) is 11.5. The first-order valence-corrected chi connectivity index (χ1v) is 24.8. The molecule has 0 heterocycles. The van der Waals surface area contributed by atoms with E-state index < -0.39 is 0 Å². The predicted octanol–water partition coefficient (Wildman–Crippen LogP) is 20.0. The highest BCUT2D eigenvalue weighted by Crippen LogP contribution is 2.53. The van der Waals surface area contributed by atoms with Gasteiger partial charge in [0.1, 0.15) is 0 Å². The Hall–Kier alpha value is -9.50. The molecule has 2 nitrogen and oxygen atoms in total. The van der Waals surface area contributed by atoms with E-state index in [4.69, 9.17) is 0 Å². The minimum absolute atomic E-state index is 1.09. The van der Waals surface area contributed by atoms with Crippen LogP contribution in [-0.4, -0.2) is 0 Å². The van der Waals surface area contributed by atoms with Crippen LogP contribution >= 0.6 is 0 Å². The van der Waals surface area contributed by atoms with E-state index in [2.05, 4.69) is 289 Å². The fourth-order valence-electron chi connectivity index (χ4n) is 11.5. The van der Waals surface area contributed by atoms with Gasteiger partial charge in [-0.25, -0.2) is 0 Å². The molecular weight excluding hydrogens is 869 g/mol. The maximum Gasteiger partial charge on any atom is 0.0547 e. The highest BCUT2D eigenvalue weighted by Gasteiger charge is 2.27. The zero-order valence-corrected chi connectivity index (χ0v) is 39.5. The van der Waals surface area contributed by atoms with E-state index in [9.17, 15) is 0 Å². The molecule has 0 saturated carbocycles. The predicted molar refractivity (Wildman–Crippen MR) is 309 cm³/mol. The second-order valence-corrected chi connectivity index (χ2v) is 18.8. The third-order valence-corrected chi connectivity index (χ3v) is 14.7. The lowest BCUT2D eigenvalue weighted by molar-refractivity contribution is 1.31. The van der Waals surface area contributed by atoms with Crippen molar-refractivity contribution in [3.63, 3.8) is 0 Å². The zero-order valence-electron chi connectivity index (χ0n) is 39.5. The van der Waals surface area contributed by atoms with E-state index in [0.717, 1.165) is 67.2 Å². The Bertz CT molecular complexity index is 4390. The van der Waals surface area contributed by atoms with Gasteiger partial charge in [0.25, 0.3) is 0 Å². The number of hydrogen-bond donors (Lipinski definition) is 0. The smallest absolute Gasteiger partial charge is 0.0547 e. The lowest BCUT2D eigenvalue weighted by Crippen LogP contribution is -2.14. The van der Waals surface area contributed by atoms with Gasteiger partial charge in [-0.2, -0.15) is 0 Å². The number of hydrogen-bond acceptors (Lipinski definition) is 2. The van der Waals surface area contributed by atoms with Crippen LogP contribution in [0.1, 0.15) is 0 Å². The number of fused-ring (bicyclic) bond motifs is 9. The van der Waals surface area contributed by atoms with Crippen LogP contribution in [0.2, 0.25) is 0 Å². The van der Waals surface area contributed by atoms with Crippen molar-refractivity contribution < 1.29 is 0 Å². The summed E-state index contributed by atoms with van der Waals surface area (Å²) in [4.78, 5) is 5.10. The summed E-state index contributed by atoms with van der Waals surface area (Å²) in [7, 11) is 0. The van der Waals surface area contributed by atoms with Crippen molar-refractivity contribution in [1.29, 1.82) is 0 Å². The minimum atomic E-state index is 1.09. The molecule has 0 radical (unpaired) electrons. The normalized spacial score (nSPS) is 11.6. The van der Waals surface area contributed by atoms with E-state index in [1.54, 1.807) is 0 Å². The quantitative estimate of drug-likeness (QED) is 0.140. The molecule has 0 bridgehead atoms. The number of anilines is 6. The molecule has 14 aromatic carbocycles. The molecule has 0 aliphatic heterocycles. The van der Waals surface area contributed by atoms with Crippen molar-refractivity contribution in [3.05, 3.63) is 279 Å². The van der Waals surface area contributed by atoms with Crippen LogP contribution in [0.3, 0.4) is 0 Å². The molecule has 0 saturated heterocycles. The van der Waals surface area contributed by atoms with E-state index >= 15 is 0 Å². The largest absolute Gasteiger partial charge is 0.309 e. The topological polar surface area (TPSA) is 6.48 Å². The van der Waals surface area contributed by atoms with Gasteiger partial charge in [-0.1, -0.05) is 237 Å². The van der Waals surface area contributed by atoms with Crippen LogP contribution in [-0.2, 0) is 0 Å². The van der Waals surface area contributed by atoms with Crippen molar-refractivity contribution in [2.75, 3.05) is 9.80 Å². The molecule has 336 valence electrons. The number of benzene rings is 14. The molecule has 72 heavy (non-hydrogen) atoms. The van der Waals surface area contributed by atoms with Crippen LogP contribution in [0, 0.1) is 0 Å². The summed E-state index contributed by atoms with van der Waals surface area (Å²) in [5.41, 5.74) is 11.2. The summed E-state index contributed by atoms with van der Waals surface area (Å²) in [6.07, 6.45) is 0. The van der Waals surface area contributed by atoms with Gasteiger partial charge in [-0.15, -0.1) is 0 Å².